The van der Waals surface area contributed by atoms with Gasteiger partial charge in [0.15, 0.2) is 0 Å². The van der Waals surface area contributed by atoms with E-state index in [1.165, 1.54) is 4.31 Å². The standard InChI is InChI=1S/C16H23N3O4S/c20-16(15-12-17-7-10-23-15)18-11-13-3-5-14(6-4-13)24(21,22)19-8-1-2-9-19/h3-6,15,17H,1-2,7-12H2,(H,18,20). The summed E-state index contributed by atoms with van der Waals surface area (Å²) in [6, 6.07) is 6.69. The van der Waals surface area contributed by atoms with Crippen molar-refractivity contribution in [3.05, 3.63) is 29.8 Å². The minimum absolute atomic E-state index is 0.157. The average Bonchev–Trinajstić information content (AvgIpc) is 3.16. The Bertz CT molecular complexity index is 663. The van der Waals surface area contributed by atoms with Gasteiger partial charge in [-0.1, -0.05) is 12.1 Å². The fraction of sp³-hybridized carbons (Fsp3) is 0.562. The number of rotatable bonds is 5. The summed E-state index contributed by atoms with van der Waals surface area (Å²) < 4.78 is 31.8. The molecule has 0 saturated carbocycles. The first-order valence-corrected chi connectivity index (χ1v) is 9.70. The van der Waals surface area contributed by atoms with Gasteiger partial charge in [-0.25, -0.2) is 8.42 Å². The maximum absolute atomic E-state index is 12.5. The second-order valence-corrected chi connectivity index (χ2v) is 7.97. The van der Waals surface area contributed by atoms with Crippen LogP contribution in [0.25, 0.3) is 0 Å². The number of hydrogen-bond acceptors (Lipinski definition) is 5. The van der Waals surface area contributed by atoms with E-state index in [1.807, 2.05) is 0 Å². The molecule has 3 rings (SSSR count). The van der Waals surface area contributed by atoms with Crippen LogP contribution in [0.3, 0.4) is 0 Å². The van der Waals surface area contributed by atoms with Crippen molar-refractivity contribution in [2.24, 2.45) is 0 Å². The third kappa shape index (κ3) is 3.94. The maximum atomic E-state index is 12.5. The number of benzene rings is 1. The molecular formula is C16H23N3O4S. The van der Waals surface area contributed by atoms with Gasteiger partial charge in [0, 0.05) is 32.7 Å². The highest BCUT2D eigenvalue weighted by Gasteiger charge is 2.27. The van der Waals surface area contributed by atoms with Crippen molar-refractivity contribution in [3.8, 4) is 0 Å². The van der Waals surface area contributed by atoms with Gasteiger partial charge in [0.2, 0.25) is 10.0 Å². The number of sulfonamides is 1. The van der Waals surface area contributed by atoms with Crippen LogP contribution < -0.4 is 10.6 Å². The minimum atomic E-state index is -3.39. The summed E-state index contributed by atoms with van der Waals surface area (Å²) in [5.74, 6) is -0.157. The highest BCUT2D eigenvalue weighted by molar-refractivity contribution is 7.89. The van der Waals surface area contributed by atoms with Gasteiger partial charge in [0.1, 0.15) is 6.10 Å². The lowest BCUT2D eigenvalue weighted by molar-refractivity contribution is -0.134. The van der Waals surface area contributed by atoms with Gasteiger partial charge in [0.25, 0.3) is 5.91 Å². The van der Waals surface area contributed by atoms with Gasteiger partial charge in [0.05, 0.1) is 11.5 Å². The highest BCUT2D eigenvalue weighted by Crippen LogP contribution is 2.21. The number of carbonyl (C=O) groups excluding carboxylic acids is 1. The smallest absolute Gasteiger partial charge is 0.250 e. The van der Waals surface area contributed by atoms with Crippen LogP contribution in [0.2, 0.25) is 0 Å². The summed E-state index contributed by atoms with van der Waals surface area (Å²) in [6.45, 7) is 3.34. The van der Waals surface area contributed by atoms with E-state index in [1.54, 1.807) is 24.3 Å². The Morgan fingerprint density at radius 1 is 1.25 bits per heavy atom. The van der Waals surface area contributed by atoms with Crippen LogP contribution in [-0.2, 0) is 26.1 Å². The third-order valence-electron chi connectivity index (χ3n) is 4.31. The molecule has 132 valence electrons. The number of amides is 1. The molecule has 1 aromatic carbocycles. The summed E-state index contributed by atoms with van der Waals surface area (Å²) >= 11 is 0. The Kier molecular flexibility index (Phi) is 5.50. The maximum Gasteiger partial charge on any atom is 0.250 e. The van der Waals surface area contributed by atoms with E-state index in [4.69, 9.17) is 4.74 Å². The monoisotopic (exact) mass is 353 g/mol. The molecule has 0 spiro atoms. The molecule has 0 radical (unpaired) electrons. The van der Waals surface area contributed by atoms with Gasteiger partial charge in [-0.15, -0.1) is 0 Å². The Morgan fingerprint density at radius 2 is 1.96 bits per heavy atom. The lowest BCUT2D eigenvalue weighted by atomic mass is 10.2. The molecule has 2 aliphatic rings. The molecule has 24 heavy (non-hydrogen) atoms. The normalized spacial score (nSPS) is 22.4. The fourth-order valence-electron chi connectivity index (χ4n) is 2.89. The number of nitrogens with zero attached hydrogens (tertiary/aromatic N) is 1. The molecule has 7 nitrogen and oxygen atoms in total. The molecule has 2 N–H and O–H groups in total. The van der Waals surface area contributed by atoms with E-state index < -0.39 is 16.1 Å². The summed E-state index contributed by atoms with van der Waals surface area (Å²) in [5.41, 5.74) is 0.854. The Hall–Kier alpha value is -1.48. The minimum Gasteiger partial charge on any atom is -0.366 e. The zero-order valence-corrected chi connectivity index (χ0v) is 14.3. The van der Waals surface area contributed by atoms with Crippen molar-refractivity contribution in [2.75, 3.05) is 32.8 Å². The van der Waals surface area contributed by atoms with Crippen LogP contribution in [0.4, 0.5) is 0 Å². The quantitative estimate of drug-likeness (QED) is 0.783. The molecule has 8 heteroatoms. The topological polar surface area (TPSA) is 87.7 Å². The van der Waals surface area contributed by atoms with E-state index in [0.717, 1.165) is 24.9 Å². The Balaban J connectivity index is 1.57. The first kappa shape index (κ1) is 17.3. The van der Waals surface area contributed by atoms with Crippen molar-refractivity contribution in [3.63, 3.8) is 0 Å². The molecule has 1 aromatic rings. The van der Waals surface area contributed by atoms with Crippen molar-refractivity contribution in [2.45, 2.75) is 30.4 Å². The van der Waals surface area contributed by atoms with Crippen LogP contribution in [0.1, 0.15) is 18.4 Å². The summed E-state index contributed by atoms with van der Waals surface area (Å²) in [7, 11) is -3.39. The van der Waals surface area contributed by atoms with E-state index >= 15 is 0 Å². The third-order valence-corrected chi connectivity index (χ3v) is 6.23. The van der Waals surface area contributed by atoms with Gasteiger partial charge < -0.3 is 15.4 Å². The second-order valence-electron chi connectivity index (χ2n) is 6.04. The first-order chi connectivity index (χ1) is 11.6. The van der Waals surface area contributed by atoms with Crippen LogP contribution in [0, 0.1) is 0 Å². The summed E-state index contributed by atoms with van der Waals surface area (Å²) in [4.78, 5) is 12.3. The molecular weight excluding hydrogens is 330 g/mol. The zero-order valence-electron chi connectivity index (χ0n) is 13.5. The van der Waals surface area contributed by atoms with Crippen LogP contribution >= 0.6 is 0 Å². The predicted octanol–water partition coefficient (Wildman–Crippen LogP) is 0.0757. The zero-order chi connectivity index (χ0) is 17.0. The van der Waals surface area contributed by atoms with Crippen LogP contribution in [0.5, 0.6) is 0 Å². The first-order valence-electron chi connectivity index (χ1n) is 8.26. The summed E-state index contributed by atoms with van der Waals surface area (Å²) in [6.07, 6.45) is 1.37. The van der Waals surface area contributed by atoms with Crippen molar-refractivity contribution in [1.82, 2.24) is 14.9 Å². The number of ether oxygens (including phenoxy) is 1. The predicted molar refractivity (Wildman–Crippen MR) is 88.9 cm³/mol. The van der Waals surface area contributed by atoms with Crippen LogP contribution in [0.15, 0.2) is 29.2 Å². The number of nitrogens with one attached hydrogen (secondary N) is 2. The molecule has 2 heterocycles. The molecule has 0 aliphatic carbocycles. The Morgan fingerprint density at radius 3 is 2.58 bits per heavy atom. The lowest BCUT2D eigenvalue weighted by Gasteiger charge is -2.22. The van der Waals surface area contributed by atoms with Gasteiger partial charge in [-0.05, 0) is 30.5 Å². The van der Waals surface area contributed by atoms with E-state index in [0.29, 0.717) is 37.7 Å². The molecule has 0 aromatic heterocycles. The van der Waals surface area contributed by atoms with Crippen LogP contribution in [-0.4, -0.2) is 57.5 Å². The lowest BCUT2D eigenvalue weighted by Crippen LogP contribution is -2.47. The molecule has 1 unspecified atom stereocenters. The van der Waals surface area contributed by atoms with E-state index in [9.17, 15) is 13.2 Å². The van der Waals surface area contributed by atoms with Crippen molar-refractivity contribution < 1.29 is 17.9 Å². The molecule has 1 amide bonds. The summed E-state index contributed by atoms with van der Waals surface area (Å²) in [5, 5.41) is 5.93. The van der Waals surface area contributed by atoms with E-state index in [-0.39, 0.29) is 5.91 Å². The fourth-order valence-corrected chi connectivity index (χ4v) is 4.41. The van der Waals surface area contributed by atoms with Crippen molar-refractivity contribution in [1.29, 1.82) is 0 Å². The van der Waals surface area contributed by atoms with Gasteiger partial charge >= 0.3 is 0 Å². The van der Waals surface area contributed by atoms with Crippen molar-refractivity contribution >= 4 is 15.9 Å². The molecule has 1 atom stereocenters. The number of morpholine rings is 1. The number of carbonyl (C=O) groups is 1. The largest absolute Gasteiger partial charge is 0.366 e. The highest BCUT2D eigenvalue weighted by atomic mass is 32.2. The Labute approximate surface area is 142 Å². The van der Waals surface area contributed by atoms with Gasteiger partial charge in [-0.2, -0.15) is 4.31 Å². The number of hydrogen-bond donors (Lipinski definition) is 2. The van der Waals surface area contributed by atoms with Gasteiger partial charge in [-0.3, -0.25) is 4.79 Å². The van der Waals surface area contributed by atoms with E-state index in [2.05, 4.69) is 10.6 Å². The second kappa shape index (κ2) is 7.60. The molecule has 0 bridgehead atoms. The molecule has 2 fully saturated rings. The molecule has 2 saturated heterocycles. The average molecular weight is 353 g/mol. The SMILES string of the molecule is O=C(NCc1ccc(S(=O)(=O)N2CCCC2)cc1)C1CNCCO1. The molecule has 2 aliphatic heterocycles.